The van der Waals surface area contributed by atoms with Crippen molar-refractivity contribution in [2.75, 3.05) is 19.5 Å². The molecule has 0 saturated heterocycles. The van der Waals surface area contributed by atoms with E-state index in [1.54, 1.807) is 25.3 Å². The van der Waals surface area contributed by atoms with E-state index in [-0.39, 0.29) is 23.5 Å². The van der Waals surface area contributed by atoms with Crippen molar-refractivity contribution in [2.45, 2.75) is 18.4 Å². The van der Waals surface area contributed by atoms with Crippen LogP contribution in [0.15, 0.2) is 41.4 Å². The molecule has 2 atom stereocenters. The summed E-state index contributed by atoms with van der Waals surface area (Å²) in [6, 6.07) is 8.82. The molecule has 2 aromatic rings. The summed E-state index contributed by atoms with van der Waals surface area (Å²) in [6.45, 7) is 0. The molecule has 3 N–H and O–H groups in total. The molecule has 5 nitrogen and oxygen atoms in total. The molecule has 132 valence electrons. The lowest BCUT2D eigenvalue weighted by molar-refractivity contribution is 0.405. The molecule has 0 radical (unpaired) electrons. The first-order valence-corrected chi connectivity index (χ1v) is 7.79. The van der Waals surface area contributed by atoms with Gasteiger partial charge in [0.15, 0.2) is 5.96 Å². The third kappa shape index (κ3) is 3.65. The Balaban J connectivity index is 1.74. The molecule has 1 aliphatic rings. The second kappa shape index (κ2) is 6.96. The molecule has 0 bridgehead atoms. The maximum atomic E-state index is 13.8. The van der Waals surface area contributed by atoms with Gasteiger partial charge < -0.3 is 20.5 Å². The molecule has 3 rings (SSSR count). The van der Waals surface area contributed by atoms with Crippen LogP contribution in [0.5, 0.6) is 11.5 Å². The standard InChI is InChI=1S/C18H19F2N3O2/c1-24-10-6-7-16(25-2)15(8-10)23-18(21)22-14-9-11(14)17-12(19)4-3-5-13(17)20/h3-8,11,14H,9H2,1-2H3,(H3,21,22,23). The molecule has 1 fully saturated rings. The van der Waals surface area contributed by atoms with Crippen LogP contribution in [0, 0.1) is 11.6 Å². The third-order valence-corrected chi connectivity index (χ3v) is 4.10. The lowest BCUT2D eigenvalue weighted by Gasteiger charge is -2.12. The minimum absolute atomic E-state index is 0.0722. The maximum Gasteiger partial charge on any atom is 0.193 e. The molecule has 2 unspecified atom stereocenters. The highest BCUT2D eigenvalue weighted by atomic mass is 19.1. The zero-order chi connectivity index (χ0) is 18.0. The zero-order valence-corrected chi connectivity index (χ0v) is 13.9. The highest BCUT2D eigenvalue weighted by molar-refractivity contribution is 5.94. The molecule has 7 heteroatoms. The molecule has 25 heavy (non-hydrogen) atoms. The van der Waals surface area contributed by atoms with Crippen LogP contribution >= 0.6 is 0 Å². The monoisotopic (exact) mass is 347 g/mol. The fourth-order valence-electron chi connectivity index (χ4n) is 2.76. The number of benzene rings is 2. The van der Waals surface area contributed by atoms with Gasteiger partial charge in [-0.2, -0.15) is 0 Å². The van der Waals surface area contributed by atoms with Gasteiger partial charge in [0.2, 0.25) is 0 Å². The number of hydrogen-bond donors (Lipinski definition) is 2. The molecule has 2 aromatic carbocycles. The van der Waals surface area contributed by atoms with Gasteiger partial charge in [-0.15, -0.1) is 0 Å². The molecular weight excluding hydrogens is 328 g/mol. The summed E-state index contributed by atoms with van der Waals surface area (Å²) in [7, 11) is 3.10. The molecule has 0 aliphatic heterocycles. The van der Waals surface area contributed by atoms with Gasteiger partial charge in [0.1, 0.15) is 23.1 Å². The zero-order valence-electron chi connectivity index (χ0n) is 13.9. The average Bonchev–Trinajstić information content (AvgIpc) is 3.33. The SMILES string of the molecule is COc1ccc(OC)c(NC(N)=NC2CC2c2c(F)cccc2F)c1. The number of rotatable bonds is 5. The van der Waals surface area contributed by atoms with Crippen molar-refractivity contribution in [3.8, 4) is 11.5 Å². The van der Waals surface area contributed by atoms with Gasteiger partial charge >= 0.3 is 0 Å². The number of methoxy groups -OCH3 is 2. The van der Waals surface area contributed by atoms with Crippen LogP contribution < -0.4 is 20.5 Å². The molecule has 0 heterocycles. The minimum atomic E-state index is -0.552. The molecule has 0 spiro atoms. The van der Waals surface area contributed by atoms with Crippen LogP contribution in [0.25, 0.3) is 0 Å². The summed E-state index contributed by atoms with van der Waals surface area (Å²) in [4.78, 5) is 4.31. The first-order chi connectivity index (χ1) is 12.0. The number of anilines is 1. The first-order valence-electron chi connectivity index (χ1n) is 7.79. The van der Waals surface area contributed by atoms with Gasteiger partial charge in [-0.3, -0.25) is 0 Å². The van der Waals surface area contributed by atoms with E-state index in [0.717, 1.165) is 0 Å². The van der Waals surface area contributed by atoms with E-state index in [4.69, 9.17) is 15.2 Å². The quantitative estimate of drug-likeness (QED) is 0.643. The third-order valence-electron chi connectivity index (χ3n) is 4.10. The normalized spacial score (nSPS) is 19.4. The van der Waals surface area contributed by atoms with E-state index < -0.39 is 11.6 Å². The Labute approximate surface area is 144 Å². The number of nitrogens with one attached hydrogen (secondary N) is 1. The summed E-state index contributed by atoms with van der Waals surface area (Å²) in [5.74, 6) is -0.0442. The molecule has 0 aromatic heterocycles. The second-order valence-electron chi connectivity index (χ2n) is 5.75. The van der Waals surface area contributed by atoms with Crippen LogP contribution in [0.1, 0.15) is 17.9 Å². The number of aliphatic imine (C=N–C) groups is 1. The lowest BCUT2D eigenvalue weighted by Crippen LogP contribution is -2.23. The van der Waals surface area contributed by atoms with Crippen molar-refractivity contribution in [3.05, 3.63) is 53.6 Å². The van der Waals surface area contributed by atoms with E-state index in [1.807, 2.05) is 0 Å². The molecular formula is C18H19F2N3O2. The number of guanidine groups is 1. The topological polar surface area (TPSA) is 68.9 Å². The highest BCUT2D eigenvalue weighted by Gasteiger charge is 2.42. The van der Waals surface area contributed by atoms with Crippen molar-refractivity contribution in [2.24, 2.45) is 10.7 Å². The van der Waals surface area contributed by atoms with Crippen LogP contribution in [0.3, 0.4) is 0 Å². The largest absolute Gasteiger partial charge is 0.497 e. The van der Waals surface area contributed by atoms with Crippen LogP contribution in [-0.4, -0.2) is 26.2 Å². The minimum Gasteiger partial charge on any atom is -0.497 e. The van der Waals surface area contributed by atoms with E-state index in [1.165, 1.54) is 25.3 Å². The second-order valence-corrected chi connectivity index (χ2v) is 5.75. The first kappa shape index (κ1) is 17.0. The summed E-state index contributed by atoms with van der Waals surface area (Å²) in [5, 5.41) is 2.94. The Bertz CT molecular complexity index is 791. The molecule has 0 amide bonds. The number of nitrogens with zero attached hydrogens (tertiary/aromatic N) is 1. The van der Waals surface area contributed by atoms with Gasteiger partial charge in [0.05, 0.1) is 25.9 Å². The van der Waals surface area contributed by atoms with Crippen molar-refractivity contribution >= 4 is 11.6 Å². The van der Waals surface area contributed by atoms with Crippen LogP contribution in [-0.2, 0) is 0 Å². The van der Waals surface area contributed by atoms with Crippen molar-refractivity contribution in [1.82, 2.24) is 0 Å². The van der Waals surface area contributed by atoms with E-state index in [9.17, 15) is 8.78 Å². The van der Waals surface area contributed by atoms with E-state index in [2.05, 4.69) is 10.3 Å². The maximum absolute atomic E-state index is 13.8. The smallest absolute Gasteiger partial charge is 0.193 e. The summed E-state index contributed by atoms with van der Waals surface area (Å²) < 4.78 is 38.1. The predicted molar refractivity (Wildman–Crippen MR) is 92.3 cm³/mol. The number of ether oxygens (including phenoxy) is 2. The van der Waals surface area contributed by atoms with E-state index in [0.29, 0.717) is 23.6 Å². The molecule has 1 aliphatic carbocycles. The van der Waals surface area contributed by atoms with Gasteiger partial charge in [0.25, 0.3) is 0 Å². The van der Waals surface area contributed by atoms with Gasteiger partial charge in [-0.1, -0.05) is 6.07 Å². The Hall–Kier alpha value is -2.83. The highest BCUT2D eigenvalue weighted by Crippen LogP contribution is 2.45. The van der Waals surface area contributed by atoms with Crippen molar-refractivity contribution < 1.29 is 18.3 Å². The summed E-state index contributed by atoms with van der Waals surface area (Å²) in [5.41, 5.74) is 6.60. The van der Waals surface area contributed by atoms with Crippen LogP contribution in [0.2, 0.25) is 0 Å². The molecule has 1 saturated carbocycles. The van der Waals surface area contributed by atoms with Crippen molar-refractivity contribution in [1.29, 1.82) is 0 Å². The number of hydrogen-bond acceptors (Lipinski definition) is 3. The van der Waals surface area contributed by atoms with Crippen LogP contribution in [0.4, 0.5) is 14.5 Å². The number of nitrogens with two attached hydrogens (primary N) is 1. The Morgan fingerprint density at radius 3 is 2.52 bits per heavy atom. The Morgan fingerprint density at radius 1 is 1.16 bits per heavy atom. The average molecular weight is 347 g/mol. The van der Waals surface area contributed by atoms with E-state index >= 15 is 0 Å². The fourth-order valence-corrected chi connectivity index (χ4v) is 2.76. The number of halogens is 2. The predicted octanol–water partition coefficient (Wildman–Crippen LogP) is 3.26. The van der Waals surface area contributed by atoms with Gasteiger partial charge in [-0.25, -0.2) is 13.8 Å². The van der Waals surface area contributed by atoms with Crippen molar-refractivity contribution in [3.63, 3.8) is 0 Å². The summed E-state index contributed by atoms with van der Waals surface area (Å²) in [6.07, 6.45) is 0.551. The lowest BCUT2D eigenvalue weighted by atomic mass is 10.1. The fraction of sp³-hybridized carbons (Fsp3) is 0.278. The Morgan fingerprint density at radius 2 is 1.88 bits per heavy atom. The summed E-state index contributed by atoms with van der Waals surface area (Å²) >= 11 is 0. The van der Waals surface area contributed by atoms with Gasteiger partial charge in [-0.05, 0) is 30.7 Å². The Kier molecular flexibility index (Phi) is 4.74. The van der Waals surface area contributed by atoms with Gasteiger partial charge in [0, 0.05) is 17.5 Å².